The fourth-order valence-electron chi connectivity index (χ4n) is 2.38. The number of hydrogen-bond donors (Lipinski definition) is 2. The fraction of sp³-hybridized carbons (Fsp3) is 0.167. The Labute approximate surface area is 142 Å². The summed E-state index contributed by atoms with van der Waals surface area (Å²) < 4.78 is 18.8. The van der Waals surface area contributed by atoms with Gasteiger partial charge >= 0.3 is 0 Å². The van der Waals surface area contributed by atoms with E-state index in [1.54, 1.807) is 6.92 Å². The van der Waals surface area contributed by atoms with Gasteiger partial charge in [0.25, 0.3) is 11.5 Å². The lowest BCUT2D eigenvalue weighted by atomic mass is 10.2. The lowest BCUT2D eigenvalue weighted by molar-refractivity contribution is 0.0952. The molecule has 2 N–H and O–H groups in total. The van der Waals surface area contributed by atoms with Gasteiger partial charge in [0.15, 0.2) is 0 Å². The van der Waals surface area contributed by atoms with Crippen LogP contribution in [0.25, 0.3) is 11.5 Å². The summed E-state index contributed by atoms with van der Waals surface area (Å²) >= 11 is 0. The van der Waals surface area contributed by atoms with E-state index in [9.17, 15) is 14.0 Å². The third kappa shape index (κ3) is 3.82. The lowest BCUT2D eigenvalue weighted by Crippen LogP contribution is -2.31. The Bertz CT molecular complexity index is 948. The van der Waals surface area contributed by atoms with Gasteiger partial charge in [-0.3, -0.25) is 9.59 Å². The normalized spacial score (nSPS) is 10.6. The molecule has 1 aromatic carbocycles. The minimum absolute atomic E-state index is 0.246. The van der Waals surface area contributed by atoms with E-state index in [1.165, 1.54) is 0 Å². The molecule has 0 saturated carbocycles. The summed E-state index contributed by atoms with van der Waals surface area (Å²) in [5.41, 5.74) is 0.684. The van der Waals surface area contributed by atoms with Crippen LogP contribution in [0.3, 0.4) is 0 Å². The molecule has 0 aliphatic rings. The summed E-state index contributed by atoms with van der Waals surface area (Å²) in [6.45, 7) is 2.05. The number of H-pyrrole nitrogens is 1. The Morgan fingerprint density at radius 1 is 1.32 bits per heavy atom. The number of carbonyl (C=O) groups excluding carboxylic acids is 1. The smallest absolute Gasteiger partial charge is 0.260 e. The maximum absolute atomic E-state index is 13.1. The minimum Gasteiger partial charge on any atom is -0.441 e. The fourth-order valence-corrected chi connectivity index (χ4v) is 2.38. The van der Waals surface area contributed by atoms with E-state index in [0.717, 1.165) is 17.8 Å². The lowest BCUT2D eigenvalue weighted by Gasteiger charge is -2.03. The number of aromatic nitrogens is 2. The summed E-state index contributed by atoms with van der Waals surface area (Å²) in [6, 6.07) is 10.4. The Balaban J connectivity index is 1.64. The van der Waals surface area contributed by atoms with Crippen LogP contribution in [0.1, 0.15) is 21.8 Å². The summed E-state index contributed by atoms with van der Waals surface area (Å²) in [5, 5.41) is 2.58. The van der Waals surface area contributed by atoms with Crippen molar-refractivity contribution in [3.63, 3.8) is 0 Å². The predicted molar refractivity (Wildman–Crippen MR) is 89.7 cm³/mol. The molecule has 0 spiro atoms. The third-order valence-electron chi connectivity index (χ3n) is 3.67. The highest BCUT2D eigenvalue weighted by Gasteiger charge is 2.14. The third-order valence-corrected chi connectivity index (χ3v) is 3.67. The number of hydrogen-bond acceptors (Lipinski definition) is 4. The van der Waals surface area contributed by atoms with Crippen LogP contribution in [-0.4, -0.2) is 22.4 Å². The summed E-state index contributed by atoms with van der Waals surface area (Å²) in [7, 11) is 0. The molecule has 0 bridgehead atoms. The Morgan fingerprint density at radius 2 is 2.08 bits per heavy atom. The van der Waals surface area contributed by atoms with Crippen molar-refractivity contribution in [2.24, 2.45) is 0 Å². The van der Waals surface area contributed by atoms with E-state index in [2.05, 4.69) is 15.3 Å². The molecule has 3 rings (SSSR count). The number of carbonyl (C=O) groups is 1. The highest BCUT2D eigenvalue weighted by Crippen LogP contribution is 2.21. The number of halogens is 1. The van der Waals surface area contributed by atoms with Gasteiger partial charge in [-0.15, -0.1) is 0 Å². The second-order valence-electron chi connectivity index (χ2n) is 5.45. The second kappa shape index (κ2) is 7.12. The summed E-state index contributed by atoms with van der Waals surface area (Å²) in [5.74, 6) is -0.132. The van der Waals surface area contributed by atoms with Gasteiger partial charge in [-0.1, -0.05) is 18.2 Å². The van der Waals surface area contributed by atoms with Crippen LogP contribution in [0.15, 0.2) is 51.8 Å². The number of aromatic amines is 1. The van der Waals surface area contributed by atoms with Crippen LogP contribution in [0, 0.1) is 12.7 Å². The Hall–Kier alpha value is -3.22. The average molecular weight is 341 g/mol. The first-order valence-electron chi connectivity index (χ1n) is 7.73. The largest absolute Gasteiger partial charge is 0.441 e. The number of aryl methyl sites for hydroxylation is 1. The molecule has 0 unspecified atom stereocenters. The van der Waals surface area contributed by atoms with Gasteiger partial charge < -0.3 is 14.7 Å². The first-order valence-corrected chi connectivity index (χ1v) is 7.73. The zero-order chi connectivity index (χ0) is 17.8. The van der Waals surface area contributed by atoms with Crippen molar-refractivity contribution >= 4 is 5.91 Å². The number of rotatable bonds is 5. The second-order valence-corrected chi connectivity index (χ2v) is 5.45. The highest BCUT2D eigenvalue weighted by atomic mass is 19.1. The number of nitrogens with one attached hydrogen (secondary N) is 2. The van der Waals surface area contributed by atoms with Crippen LogP contribution >= 0.6 is 0 Å². The molecule has 2 aromatic heterocycles. The number of oxazole rings is 1. The molecule has 0 aliphatic carbocycles. The van der Waals surface area contributed by atoms with Gasteiger partial charge in [-0.05, 0) is 25.1 Å². The van der Waals surface area contributed by atoms with Gasteiger partial charge in [0.1, 0.15) is 17.1 Å². The maximum atomic E-state index is 13.1. The van der Waals surface area contributed by atoms with Crippen LogP contribution in [0.4, 0.5) is 4.39 Å². The highest BCUT2D eigenvalue weighted by molar-refractivity contribution is 5.93. The maximum Gasteiger partial charge on any atom is 0.260 e. The van der Waals surface area contributed by atoms with Gasteiger partial charge in [0, 0.05) is 24.7 Å². The molecular weight excluding hydrogens is 325 g/mol. The van der Waals surface area contributed by atoms with Gasteiger partial charge in [-0.25, -0.2) is 9.37 Å². The number of amides is 1. The standard InChI is InChI=1S/C18H16FN3O3/c1-11-15(22-18(25-11)12-5-3-2-4-6-12)7-8-20-16(23)14-9-13(19)10-21-17(14)24/h2-6,9-10H,7-8H2,1H3,(H,20,23)(H,21,24). The molecule has 1 amide bonds. The molecule has 0 atom stereocenters. The van der Waals surface area contributed by atoms with E-state index < -0.39 is 17.3 Å². The van der Waals surface area contributed by atoms with Gasteiger partial charge in [0.05, 0.1) is 5.69 Å². The van der Waals surface area contributed by atoms with E-state index in [1.807, 2.05) is 30.3 Å². The van der Waals surface area contributed by atoms with Crippen LogP contribution < -0.4 is 10.9 Å². The number of pyridine rings is 1. The quantitative estimate of drug-likeness (QED) is 0.746. The summed E-state index contributed by atoms with van der Waals surface area (Å²) in [4.78, 5) is 30.1. The number of nitrogens with zero attached hydrogens (tertiary/aromatic N) is 1. The van der Waals surface area contributed by atoms with Crippen molar-refractivity contribution in [2.75, 3.05) is 6.54 Å². The van der Waals surface area contributed by atoms with E-state index in [4.69, 9.17) is 4.42 Å². The Morgan fingerprint density at radius 3 is 2.84 bits per heavy atom. The van der Waals surface area contributed by atoms with Crippen molar-refractivity contribution in [1.29, 1.82) is 0 Å². The summed E-state index contributed by atoms with van der Waals surface area (Å²) in [6.07, 6.45) is 1.34. The zero-order valence-corrected chi connectivity index (χ0v) is 13.5. The average Bonchev–Trinajstić information content (AvgIpc) is 2.98. The molecule has 2 heterocycles. The molecule has 7 heteroatoms. The first kappa shape index (κ1) is 16.6. The SMILES string of the molecule is Cc1oc(-c2ccccc2)nc1CCNC(=O)c1cc(F)c[nH]c1=O. The van der Waals surface area contributed by atoms with Crippen molar-refractivity contribution in [3.8, 4) is 11.5 Å². The van der Waals surface area contributed by atoms with Crippen molar-refractivity contribution in [2.45, 2.75) is 13.3 Å². The van der Waals surface area contributed by atoms with E-state index in [-0.39, 0.29) is 12.1 Å². The molecule has 0 radical (unpaired) electrons. The molecule has 128 valence electrons. The number of benzene rings is 1. The van der Waals surface area contributed by atoms with E-state index in [0.29, 0.717) is 23.8 Å². The van der Waals surface area contributed by atoms with Crippen molar-refractivity contribution in [1.82, 2.24) is 15.3 Å². The molecular formula is C18H16FN3O3. The molecule has 6 nitrogen and oxygen atoms in total. The van der Waals surface area contributed by atoms with E-state index >= 15 is 0 Å². The topological polar surface area (TPSA) is 88.0 Å². The molecule has 3 aromatic rings. The van der Waals surface area contributed by atoms with Crippen LogP contribution in [0.2, 0.25) is 0 Å². The van der Waals surface area contributed by atoms with Crippen molar-refractivity contribution < 1.29 is 13.6 Å². The van der Waals surface area contributed by atoms with Crippen molar-refractivity contribution in [3.05, 3.63) is 75.8 Å². The predicted octanol–water partition coefficient (Wildman–Crippen LogP) is 2.45. The minimum atomic E-state index is -0.676. The molecule has 25 heavy (non-hydrogen) atoms. The molecule has 0 fully saturated rings. The van der Waals surface area contributed by atoms with Crippen LogP contribution in [-0.2, 0) is 6.42 Å². The van der Waals surface area contributed by atoms with Gasteiger partial charge in [0.2, 0.25) is 5.89 Å². The zero-order valence-electron chi connectivity index (χ0n) is 13.5. The van der Waals surface area contributed by atoms with Gasteiger partial charge in [-0.2, -0.15) is 0 Å². The molecule has 0 aliphatic heterocycles. The first-order chi connectivity index (χ1) is 12.0. The van der Waals surface area contributed by atoms with Crippen LogP contribution in [0.5, 0.6) is 0 Å². The monoisotopic (exact) mass is 341 g/mol. The Kier molecular flexibility index (Phi) is 4.74. The molecule has 0 saturated heterocycles.